The fourth-order valence-electron chi connectivity index (χ4n) is 2.55. The van der Waals surface area contributed by atoms with Gasteiger partial charge in [0.1, 0.15) is 16.7 Å². The highest BCUT2D eigenvalue weighted by Gasteiger charge is 2.20. The molecule has 0 saturated carbocycles. The van der Waals surface area contributed by atoms with Crippen LogP contribution in [-0.4, -0.2) is 19.7 Å². The zero-order valence-electron chi connectivity index (χ0n) is 13.2. The van der Waals surface area contributed by atoms with Gasteiger partial charge in [0.2, 0.25) is 0 Å². The Balaban J connectivity index is 1.76. The van der Waals surface area contributed by atoms with Gasteiger partial charge < -0.3 is 4.74 Å². The van der Waals surface area contributed by atoms with Crippen LogP contribution in [0.25, 0.3) is 16.7 Å². The minimum absolute atomic E-state index is 0.0480. The molecule has 0 bridgehead atoms. The lowest BCUT2D eigenvalue weighted by Crippen LogP contribution is -2.04. The van der Waals surface area contributed by atoms with E-state index in [0.717, 1.165) is 5.56 Å². The van der Waals surface area contributed by atoms with Crippen LogP contribution in [0.3, 0.4) is 0 Å². The Labute approximate surface area is 155 Å². The highest BCUT2D eigenvalue weighted by Crippen LogP contribution is 2.31. The molecule has 26 heavy (non-hydrogen) atoms. The number of benzene rings is 2. The van der Waals surface area contributed by atoms with Crippen LogP contribution in [0.4, 0.5) is 8.78 Å². The fourth-order valence-corrected chi connectivity index (χ4v) is 2.76. The molecule has 5 nitrogen and oxygen atoms in total. The summed E-state index contributed by atoms with van der Waals surface area (Å²) in [6.07, 6.45) is 4.27. The van der Waals surface area contributed by atoms with Crippen LogP contribution in [0.15, 0.2) is 59.6 Å². The second kappa shape index (κ2) is 6.80. The van der Waals surface area contributed by atoms with Crippen molar-refractivity contribution >= 4 is 26.8 Å². The van der Waals surface area contributed by atoms with Crippen LogP contribution in [0.1, 0.15) is 5.56 Å². The van der Waals surface area contributed by atoms with E-state index in [4.69, 9.17) is 4.74 Å². The van der Waals surface area contributed by atoms with Crippen molar-refractivity contribution < 1.29 is 13.5 Å². The van der Waals surface area contributed by atoms with Crippen LogP contribution in [0.2, 0.25) is 0 Å². The Bertz CT molecular complexity index is 1070. The van der Waals surface area contributed by atoms with E-state index < -0.39 is 17.4 Å². The largest absolute Gasteiger partial charge is 0.483 e. The molecule has 2 heterocycles. The molecule has 0 saturated heterocycles. The zero-order chi connectivity index (χ0) is 18.1. The molecule has 0 fully saturated rings. The summed E-state index contributed by atoms with van der Waals surface area (Å²) in [5, 5.41) is 4.40. The SMILES string of the molecule is Fc1cc2cnn(-c3cnc(Br)cn3)c2c(F)c1OCc1ccccc1. The minimum atomic E-state index is -0.835. The van der Waals surface area contributed by atoms with Crippen LogP contribution < -0.4 is 4.74 Å². The molecule has 0 N–H and O–H groups in total. The van der Waals surface area contributed by atoms with Crippen LogP contribution in [0, 0.1) is 11.6 Å². The van der Waals surface area contributed by atoms with Crippen molar-refractivity contribution in [1.82, 2.24) is 19.7 Å². The van der Waals surface area contributed by atoms with Gasteiger partial charge in [0.05, 0.1) is 18.6 Å². The molecule has 130 valence electrons. The molecule has 0 spiro atoms. The third-order valence-electron chi connectivity index (χ3n) is 3.75. The monoisotopic (exact) mass is 416 g/mol. The van der Waals surface area contributed by atoms with Crippen molar-refractivity contribution in [3.05, 3.63) is 76.8 Å². The molecule has 0 aliphatic heterocycles. The van der Waals surface area contributed by atoms with E-state index in [0.29, 0.717) is 15.8 Å². The summed E-state index contributed by atoms with van der Waals surface area (Å²) < 4.78 is 36.5. The van der Waals surface area contributed by atoms with Crippen molar-refractivity contribution in [2.75, 3.05) is 0 Å². The smallest absolute Gasteiger partial charge is 0.194 e. The summed E-state index contributed by atoms with van der Waals surface area (Å²) in [7, 11) is 0. The summed E-state index contributed by atoms with van der Waals surface area (Å²) in [6.45, 7) is 0.0480. The van der Waals surface area contributed by atoms with Gasteiger partial charge in [0.15, 0.2) is 23.2 Å². The van der Waals surface area contributed by atoms with Crippen molar-refractivity contribution in [2.45, 2.75) is 6.61 Å². The van der Waals surface area contributed by atoms with Gasteiger partial charge in [-0.15, -0.1) is 0 Å². The van der Waals surface area contributed by atoms with Crippen molar-refractivity contribution in [1.29, 1.82) is 0 Å². The Kier molecular flexibility index (Phi) is 4.34. The molecule has 0 atom stereocenters. The first-order chi connectivity index (χ1) is 12.6. The lowest BCUT2D eigenvalue weighted by Gasteiger charge is -2.10. The van der Waals surface area contributed by atoms with Gasteiger partial charge in [-0.2, -0.15) is 5.10 Å². The molecule has 0 amide bonds. The first-order valence-corrected chi connectivity index (χ1v) is 8.43. The third kappa shape index (κ3) is 3.03. The summed E-state index contributed by atoms with van der Waals surface area (Å²) in [5.74, 6) is -1.76. The van der Waals surface area contributed by atoms with Crippen molar-refractivity contribution in [2.24, 2.45) is 0 Å². The lowest BCUT2D eigenvalue weighted by molar-refractivity contribution is 0.275. The molecule has 0 aliphatic carbocycles. The summed E-state index contributed by atoms with van der Waals surface area (Å²) in [4.78, 5) is 8.20. The third-order valence-corrected chi connectivity index (χ3v) is 4.16. The van der Waals surface area contributed by atoms with Crippen molar-refractivity contribution in [3.8, 4) is 11.6 Å². The molecule has 8 heteroatoms. The predicted octanol–water partition coefficient (Wildman–Crippen LogP) is 4.44. The molecule has 0 aliphatic rings. The number of rotatable bonds is 4. The second-order valence-electron chi connectivity index (χ2n) is 5.47. The number of nitrogens with zero attached hydrogens (tertiary/aromatic N) is 4. The molecular formula is C18H11BrF2N4O. The quantitative estimate of drug-likeness (QED) is 0.493. The van der Waals surface area contributed by atoms with Crippen LogP contribution in [0.5, 0.6) is 5.75 Å². The molecule has 2 aromatic heterocycles. The molecule has 0 radical (unpaired) electrons. The molecule has 4 aromatic rings. The molecule has 0 unspecified atom stereocenters. The number of hydrogen-bond donors (Lipinski definition) is 0. The molecule has 2 aromatic carbocycles. The maximum Gasteiger partial charge on any atom is 0.194 e. The second-order valence-corrected chi connectivity index (χ2v) is 6.28. The Morgan fingerprint density at radius 1 is 1.04 bits per heavy atom. The van der Waals surface area contributed by atoms with E-state index in [9.17, 15) is 4.39 Å². The van der Waals surface area contributed by atoms with Crippen molar-refractivity contribution in [3.63, 3.8) is 0 Å². The maximum atomic E-state index is 15.0. The topological polar surface area (TPSA) is 52.8 Å². The standard InChI is InChI=1S/C18H11BrF2N4O/c19-14-8-23-15(9-22-14)25-17-12(7-24-25)6-13(20)18(16(17)21)26-10-11-4-2-1-3-5-11/h1-9H,10H2. The van der Waals surface area contributed by atoms with E-state index in [-0.39, 0.29) is 12.1 Å². The van der Waals surface area contributed by atoms with E-state index in [1.165, 1.54) is 29.3 Å². The number of aromatic nitrogens is 4. The van der Waals surface area contributed by atoms with Crippen LogP contribution in [-0.2, 0) is 6.61 Å². The Hall–Kier alpha value is -2.87. The number of hydrogen-bond acceptors (Lipinski definition) is 4. The van der Waals surface area contributed by atoms with Gasteiger partial charge >= 0.3 is 0 Å². The summed E-state index contributed by atoms with van der Waals surface area (Å²) in [6, 6.07) is 10.3. The van der Waals surface area contributed by atoms with Gasteiger partial charge in [-0.1, -0.05) is 30.3 Å². The lowest BCUT2D eigenvalue weighted by atomic mass is 10.2. The number of ether oxygens (including phenoxy) is 1. The highest BCUT2D eigenvalue weighted by atomic mass is 79.9. The molecular weight excluding hydrogens is 406 g/mol. The fraction of sp³-hybridized carbons (Fsp3) is 0.0556. The number of fused-ring (bicyclic) bond motifs is 1. The van der Waals surface area contributed by atoms with Gasteiger partial charge in [0.25, 0.3) is 0 Å². The van der Waals surface area contributed by atoms with Gasteiger partial charge in [0, 0.05) is 5.39 Å². The zero-order valence-corrected chi connectivity index (χ0v) is 14.8. The Morgan fingerprint density at radius 3 is 2.58 bits per heavy atom. The van der Waals surface area contributed by atoms with Gasteiger partial charge in [-0.05, 0) is 27.6 Å². The summed E-state index contributed by atoms with van der Waals surface area (Å²) >= 11 is 3.19. The highest BCUT2D eigenvalue weighted by molar-refractivity contribution is 9.10. The average molecular weight is 417 g/mol. The van der Waals surface area contributed by atoms with Gasteiger partial charge in [-0.3, -0.25) is 0 Å². The number of halogens is 3. The average Bonchev–Trinajstić information content (AvgIpc) is 3.07. The molecule has 4 rings (SSSR count). The van der Waals surface area contributed by atoms with Crippen LogP contribution >= 0.6 is 15.9 Å². The first kappa shape index (κ1) is 16.6. The van der Waals surface area contributed by atoms with E-state index >= 15 is 4.39 Å². The normalized spacial score (nSPS) is 11.0. The van der Waals surface area contributed by atoms with E-state index in [2.05, 4.69) is 31.0 Å². The van der Waals surface area contributed by atoms with Gasteiger partial charge in [-0.25, -0.2) is 23.4 Å². The first-order valence-electron chi connectivity index (χ1n) is 7.64. The van der Waals surface area contributed by atoms with E-state index in [1.807, 2.05) is 30.3 Å². The van der Waals surface area contributed by atoms with E-state index in [1.54, 1.807) is 0 Å². The Morgan fingerprint density at radius 2 is 1.85 bits per heavy atom. The minimum Gasteiger partial charge on any atom is -0.483 e. The maximum absolute atomic E-state index is 15.0. The summed E-state index contributed by atoms with van der Waals surface area (Å²) in [5.41, 5.74) is 0.879. The predicted molar refractivity (Wildman–Crippen MR) is 95.0 cm³/mol.